The van der Waals surface area contributed by atoms with Gasteiger partial charge < -0.3 is 15.5 Å². The number of hydrogen-bond acceptors (Lipinski definition) is 3. The largest absolute Gasteiger partial charge is 0.396 e. The summed E-state index contributed by atoms with van der Waals surface area (Å²) in [5.74, 6) is -1.74. The van der Waals surface area contributed by atoms with Crippen molar-refractivity contribution in [3.05, 3.63) is 29.3 Å². The van der Waals surface area contributed by atoms with Gasteiger partial charge in [-0.2, -0.15) is 0 Å². The zero-order valence-electron chi connectivity index (χ0n) is 11.7. The maximum Gasteiger partial charge on any atom is 0.256 e. The van der Waals surface area contributed by atoms with Crippen LogP contribution in [0.3, 0.4) is 0 Å². The summed E-state index contributed by atoms with van der Waals surface area (Å²) < 4.78 is 27.1. The molecule has 1 aromatic carbocycles. The smallest absolute Gasteiger partial charge is 0.256 e. The number of hydrogen-bond donors (Lipinski definition) is 1. The molecular formula is C14H19F2N3O. The van der Waals surface area contributed by atoms with Gasteiger partial charge in [-0.3, -0.25) is 4.79 Å². The van der Waals surface area contributed by atoms with Crippen LogP contribution in [0.4, 0.5) is 14.5 Å². The van der Waals surface area contributed by atoms with Crippen molar-refractivity contribution < 1.29 is 13.6 Å². The fourth-order valence-corrected chi connectivity index (χ4v) is 2.62. The van der Waals surface area contributed by atoms with E-state index < -0.39 is 17.5 Å². The molecule has 0 aromatic heterocycles. The van der Waals surface area contributed by atoms with Gasteiger partial charge in [0, 0.05) is 20.1 Å². The van der Waals surface area contributed by atoms with Crippen LogP contribution in [0.1, 0.15) is 16.8 Å². The quantitative estimate of drug-likeness (QED) is 0.857. The molecule has 0 saturated carbocycles. The molecule has 2 rings (SSSR count). The first-order valence-electron chi connectivity index (χ1n) is 6.57. The molecule has 0 spiro atoms. The summed E-state index contributed by atoms with van der Waals surface area (Å²) in [7, 11) is 3.62. The van der Waals surface area contributed by atoms with E-state index >= 15 is 0 Å². The maximum atomic E-state index is 13.8. The van der Waals surface area contributed by atoms with E-state index in [1.54, 1.807) is 7.05 Å². The molecule has 0 radical (unpaired) electrons. The maximum absolute atomic E-state index is 13.8. The number of likely N-dealkylation sites (tertiary alicyclic amines) is 1. The number of amides is 1. The van der Waals surface area contributed by atoms with Gasteiger partial charge in [0.15, 0.2) is 5.82 Å². The van der Waals surface area contributed by atoms with Crippen molar-refractivity contribution >= 4 is 11.6 Å². The first-order chi connectivity index (χ1) is 9.38. The van der Waals surface area contributed by atoms with Gasteiger partial charge in [-0.15, -0.1) is 0 Å². The SMILES string of the molecule is CN1CCC(CN(C)C(=O)c2cc(F)cc(N)c2F)C1. The highest BCUT2D eigenvalue weighted by molar-refractivity contribution is 5.95. The van der Waals surface area contributed by atoms with E-state index in [2.05, 4.69) is 4.90 Å². The van der Waals surface area contributed by atoms with E-state index in [0.29, 0.717) is 12.5 Å². The van der Waals surface area contributed by atoms with Crippen LogP contribution in [0.25, 0.3) is 0 Å². The average Bonchev–Trinajstić information content (AvgIpc) is 2.78. The second kappa shape index (κ2) is 5.75. The van der Waals surface area contributed by atoms with Crippen LogP contribution >= 0.6 is 0 Å². The highest BCUT2D eigenvalue weighted by Gasteiger charge is 2.25. The van der Waals surface area contributed by atoms with Crippen LogP contribution in [-0.2, 0) is 0 Å². The third-order valence-electron chi connectivity index (χ3n) is 3.66. The van der Waals surface area contributed by atoms with Crippen LogP contribution < -0.4 is 5.73 Å². The molecule has 2 N–H and O–H groups in total. The molecule has 1 heterocycles. The Bertz CT molecular complexity index is 521. The van der Waals surface area contributed by atoms with Gasteiger partial charge in [-0.05, 0) is 38.1 Å². The number of nitrogens with two attached hydrogens (primary N) is 1. The minimum atomic E-state index is -0.855. The topological polar surface area (TPSA) is 49.6 Å². The number of anilines is 1. The van der Waals surface area contributed by atoms with E-state index in [4.69, 9.17) is 5.73 Å². The Morgan fingerprint density at radius 3 is 2.80 bits per heavy atom. The number of carbonyl (C=O) groups excluding carboxylic acids is 1. The van der Waals surface area contributed by atoms with Crippen molar-refractivity contribution in [2.24, 2.45) is 5.92 Å². The molecule has 4 nitrogen and oxygen atoms in total. The van der Waals surface area contributed by atoms with Gasteiger partial charge >= 0.3 is 0 Å². The average molecular weight is 283 g/mol. The van der Waals surface area contributed by atoms with E-state index in [1.807, 2.05) is 7.05 Å². The fraction of sp³-hybridized carbons (Fsp3) is 0.500. The zero-order chi connectivity index (χ0) is 14.9. The van der Waals surface area contributed by atoms with Crippen molar-refractivity contribution in [2.75, 3.05) is 39.5 Å². The Labute approximate surface area is 117 Å². The second-order valence-corrected chi connectivity index (χ2v) is 5.46. The number of rotatable bonds is 3. The van der Waals surface area contributed by atoms with Gasteiger partial charge in [0.25, 0.3) is 5.91 Å². The summed E-state index contributed by atoms with van der Waals surface area (Å²) in [6.07, 6.45) is 1.00. The highest BCUT2D eigenvalue weighted by atomic mass is 19.1. The minimum Gasteiger partial charge on any atom is -0.396 e. The van der Waals surface area contributed by atoms with Crippen LogP contribution in [0, 0.1) is 17.6 Å². The molecule has 6 heteroatoms. The summed E-state index contributed by atoms with van der Waals surface area (Å²) in [6.45, 7) is 2.43. The van der Waals surface area contributed by atoms with Crippen molar-refractivity contribution in [1.29, 1.82) is 0 Å². The zero-order valence-corrected chi connectivity index (χ0v) is 11.7. The molecule has 1 saturated heterocycles. The molecule has 1 atom stereocenters. The van der Waals surface area contributed by atoms with Gasteiger partial charge in [0.2, 0.25) is 0 Å². The standard InChI is InChI=1S/C14H19F2N3O/c1-18-4-3-9(7-18)8-19(2)14(20)11-5-10(15)6-12(17)13(11)16/h5-6,9H,3-4,7-8,17H2,1-2H3. The van der Waals surface area contributed by atoms with Crippen molar-refractivity contribution in [2.45, 2.75) is 6.42 Å². The number of nitrogens with zero attached hydrogens (tertiary/aromatic N) is 2. The Morgan fingerprint density at radius 2 is 2.20 bits per heavy atom. The molecule has 1 amide bonds. The normalized spacial score (nSPS) is 19.3. The lowest BCUT2D eigenvalue weighted by atomic mass is 10.1. The molecule has 1 aliphatic heterocycles. The Kier molecular flexibility index (Phi) is 4.23. The predicted octanol–water partition coefficient (Wildman–Crippen LogP) is 1.57. The molecule has 1 unspecified atom stereocenters. The summed E-state index contributed by atoms with van der Waals surface area (Å²) in [6, 6.07) is 1.77. The molecule has 0 aliphatic carbocycles. The summed E-state index contributed by atoms with van der Waals surface area (Å²) in [5, 5.41) is 0. The van der Waals surface area contributed by atoms with Crippen LogP contribution in [0.15, 0.2) is 12.1 Å². The Hall–Kier alpha value is -1.69. The molecule has 1 fully saturated rings. The van der Waals surface area contributed by atoms with Crippen LogP contribution in [-0.4, -0.2) is 49.4 Å². The second-order valence-electron chi connectivity index (χ2n) is 5.46. The first kappa shape index (κ1) is 14.7. The molecular weight excluding hydrogens is 264 g/mol. The van der Waals surface area contributed by atoms with Gasteiger partial charge in [-0.1, -0.05) is 0 Å². The Morgan fingerprint density at radius 1 is 1.50 bits per heavy atom. The fourth-order valence-electron chi connectivity index (χ4n) is 2.62. The van der Waals surface area contributed by atoms with E-state index in [-0.39, 0.29) is 11.3 Å². The van der Waals surface area contributed by atoms with Crippen molar-refractivity contribution in [1.82, 2.24) is 9.80 Å². The number of nitrogen functional groups attached to an aromatic ring is 1. The summed E-state index contributed by atoms with van der Waals surface area (Å²) in [4.78, 5) is 15.8. The number of halogens is 2. The number of benzene rings is 1. The van der Waals surface area contributed by atoms with Gasteiger partial charge in [0.1, 0.15) is 5.82 Å². The molecule has 110 valence electrons. The third-order valence-corrected chi connectivity index (χ3v) is 3.66. The Balaban J connectivity index is 2.10. The van der Waals surface area contributed by atoms with E-state index in [9.17, 15) is 13.6 Å². The van der Waals surface area contributed by atoms with Gasteiger partial charge in [0.05, 0.1) is 11.3 Å². The molecule has 0 bridgehead atoms. The molecule has 20 heavy (non-hydrogen) atoms. The monoisotopic (exact) mass is 283 g/mol. The number of carbonyl (C=O) groups is 1. The summed E-state index contributed by atoms with van der Waals surface area (Å²) >= 11 is 0. The van der Waals surface area contributed by atoms with E-state index in [1.165, 1.54) is 4.90 Å². The van der Waals surface area contributed by atoms with Crippen molar-refractivity contribution in [3.8, 4) is 0 Å². The lowest BCUT2D eigenvalue weighted by molar-refractivity contribution is 0.0769. The molecule has 1 aliphatic rings. The van der Waals surface area contributed by atoms with Crippen LogP contribution in [0.2, 0.25) is 0 Å². The van der Waals surface area contributed by atoms with E-state index in [0.717, 1.165) is 31.6 Å². The van der Waals surface area contributed by atoms with Gasteiger partial charge in [-0.25, -0.2) is 8.78 Å². The summed E-state index contributed by atoms with van der Waals surface area (Å²) in [5.41, 5.74) is 4.69. The van der Waals surface area contributed by atoms with Crippen LogP contribution in [0.5, 0.6) is 0 Å². The molecule has 1 aromatic rings. The lowest BCUT2D eigenvalue weighted by Crippen LogP contribution is -2.33. The predicted molar refractivity (Wildman–Crippen MR) is 73.3 cm³/mol. The highest BCUT2D eigenvalue weighted by Crippen LogP contribution is 2.20. The third kappa shape index (κ3) is 3.07. The lowest BCUT2D eigenvalue weighted by Gasteiger charge is -2.21. The first-order valence-corrected chi connectivity index (χ1v) is 6.57. The minimum absolute atomic E-state index is 0.309. The van der Waals surface area contributed by atoms with Crippen molar-refractivity contribution in [3.63, 3.8) is 0 Å².